The Morgan fingerprint density at radius 1 is 1.04 bits per heavy atom. The van der Waals surface area contributed by atoms with Gasteiger partial charge in [-0.2, -0.15) is 0 Å². The lowest BCUT2D eigenvalue weighted by atomic mass is 9.88. The van der Waals surface area contributed by atoms with Crippen LogP contribution in [0.2, 0.25) is 0 Å². The smallest absolute Gasteiger partial charge is 0.139 e. The summed E-state index contributed by atoms with van der Waals surface area (Å²) in [5.41, 5.74) is 2.04. The minimum absolute atomic E-state index is 0.139. The molecule has 2 aromatic carbocycles. The highest BCUT2D eigenvalue weighted by Gasteiger charge is 2.39. The van der Waals surface area contributed by atoms with Crippen LogP contribution in [0.4, 0.5) is 0 Å². The minimum Gasteiger partial charge on any atom is -0.392 e. The second kappa shape index (κ2) is 8.93. The molecule has 1 unspecified atom stereocenters. The van der Waals surface area contributed by atoms with Gasteiger partial charge in [0.1, 0.15) is 5.78 Å². The topological polar surface area (TPSA) is 57.5 Å². The third-order valence-corrected chi connectivity index (χ3v) is 5.18. The third kappa shape index (κ3) is 4.69. The molecule has 0 bridgehead atoms. The van der Waals surface area contributed by atoms with Crippen molar-refractivity contribution in [3.63, 3.8) is 0 Å². The number of carbonyl (C=O) groups excluding carboxylic acids is 1. The quantitative estimate of drug-likeness (QED) is 0.746. The summed E-state index contributed by atoms with van der Waals surface area (Å²) < 4.78 is 0. The van der Waals surface area contributed by atoms with E-state index in [1.54, 1.807) is 0 Å². The lowest BCUT2D eigenvalue weighted by Gasteiger charge is -2.17. The third-order valence-electron chi connectivity index (χ3n) is 5.18. The Bertz CT molecular complexity index is 724. The molecule has 1 fully saturated rings. The summed E-state index contributed by atoms with van der Waals surface area (Å²) in [5.74, 6) is -0.167. The van der Waals surface area contributed by atoms with E-state index in [2.05, 4.69) is 0 Å². The van der Waals surface area contributed by atoms with Gasteiger partial charge in [-0.1, -0.05) is 72.8 Å². The van der Waals surface area contributed by atoms with Crippen molar-refractivity contribution in [2.24, 2.45) is 11.8 Å². The van der Waals surface area contributed by atoms with E-state index in [1.807, 2.05) is 72.8 Å². The average molecular weight is 350 g/mol. The van der Waals surface area contributed by atoms with Crippen LogP contribution in [0.1, 0.15) is 36.5 Å². The van der Waals surface area contributed by atoms with Crippen LogP contribution >= 0.6 is 0 Å². The molecular formula is C23H26O3. The van der Waals surface area contributed by atoms with E-state index in [-0.39, 0.29) is 24.0 Å². The van der Waals surface area contributed by atoms with Crippen LogP contribution < -0.4 is 0 Å². The normalized spacial score (nSPS) is 24.2. The standard InChI is InChI=1S/C23H26O3/c24-21(18-11-5-2-6-12-18)14-8-7-13-19-20(23(26)16-22(19)25)15-17-9-3-1-4-10-17/h1-7,9-13,19-22,24-25H,8,14-16H2/b13-7+/t19-,20-,21?,22-/m1/s1. The molecule has 136 valence electrons. The summed E-state index contributed by atoms with van der Waals surface area (Å²) in [6, 6.07) is 19.6. The summed E-state index contributed by atoms with van der Waals surface area (Å²) in [5, 5.41) is 20.5. The molecule has 26 heavy (non-hydrogen) atoms. The number of hydrogen-bond donors (Lipinski definition) is 2. The number of hydrogen-bond acceptors (Lipinski definition) is 3. The lowest BCUT2D eigenvalue weighted by Crippen LogP contribution is -2.20. The molecular weight excluding hydrogens is 324 g/mol. The fraction of sp³-hybridized carbons (Fsp3) is 0.348. The molecule has 1 aliphatic carbocycles. The molecule has 3 heteroatoms. The van der Waals surface area contributed by atoms with Crippen LogP contribution in [0, 0.1) is 11.8 Å². The second-order valence-electron chi connectivity index (χ2n) is 7.04. The predicted molar refractivity (Wildman–Crippen MR) is 103 cm³/mol. The van der Waals surface area contributed by atoms with Crippen molar-refractivity contribution < 1.29 is 15.0 Å². The Kier molecular flexibility index (Phi) is 6.37. The number of aliphatic hydroxyl groups is 2. The van der Waals surface area contributed by atoms with E-state index in [4.69, 9.17) is 0 Å². The van der Waals surface area contributed by atoms with Crippen molar-refractivity contribution in [2.75, 3.05) is 0 Å². The van der Waals surface area contributed by atoms with Crippen LogP contribution in [0.15, 0.2) is 72.8 Å². The Hall–Kier alpha value is -2.23. The van der Waals surface area contributed by atoms with E-state index in [1.165, 1.54) is 0 Å². The first-order valence-corrected chi connectivity index (χ1v) is 9.29. The number of carbonyl (C=O) groups is 1. The molecule has 0 spiro atoms. The minimum atomic E-state index is -0.605. The van der Waals surface area contributed by atoms with E-state index in [0.29, 0.717) is 19.3 Å². The maximum atomic E-state index is 12.3. The molecule has 1 saturated carbocycles. The lowest BCUT2D eigenvalue weighted by molar-refractivity contribution is -0.121. The van der Waals surface area contributed by atoms with Crippen molar-refractivity contribution >= 4 is 5.78 Å². The van der Waals surface area contributed by atoms with Gasteiger partial charge in [0.25, 0.3) is 0 Å². The zero-order valence-corrected chi connectivity index (χ0v) is 14.9. The molecule has 0 radical (unpaired) electrons. The van der Waals surface area contributed by atoms with Gasteiger partial charge in [0, 0.05) is 18.3 Å². The van der Waals surface area contributed by atoms with E-state index >= 15 is 0 Å². The predicted octanol–water partition coefficient (Wildman–Crippen LogP) is 3.87. The monoisotopic (exact) mass is 350 g/mol. The van der Waals surface area contributed by atoms with E-state index < -0.39 is 12.2 Å². The van der Waals surface area contributed by atoms with Gasteiger partial charge in [0.05, 0.1) is 12.2 Å². The van der Waals surface area contributed by atoms with Gasteiger partial charge in [-0.05, 0) is 30.4 Å². The number of rotatable bonds is 7. The molecule has 3 nitrogen and oxygen atoms in total. The van der Waals surface area contributed by atoms with Gasteiger partial charge < -0.3 is 10.2 Å². The van der Waals surface area contributed by atoms with Crippen molar-refractivity contribution in [1.29, 1.82) is 0 Å². The van der Waals surface area contributed by atoms with Crippen molar-refractivity contribution in [3.05, 3.63) is 83.9 Å². The zero-order chi connectivity index (χ0) is 18.4. The molecule has 1 aliphatic rings. The van der Waals surface area contributed by atoms with Crippen LogP contribution in [-0.2, 0) is 11.2 Å². The Balaban J connectivity index is 1.57. The van der Waals surface area contributed by atoms with E-state index in [9.17, 15) is 15.0 Å². The summed E-state index contributed by atoms with van der Waals surface area (Å²) in [6.07, 6.45) is 5.11. The summed E-state index contributed by atoms with van der Waals surface area (Å²) in [6.45, 7) is 0. The highest BCUT2D eigenvalue weighted by Crippen LogP contribution is 2.33. The Morgan fingerprint density at radius 3 is 2.38 bits per heavy atom. The number of allylic oxidation sites excluding steroid dienone is 1. The van der Waals surface area contributed by atoms with Gasteiger partial charge in [-0.15, -0.1) is 0 Å². The molecule has 3 rings (SSSR count). The highest BCUT2D eigenvalue weighted by atomic mass is 16.3. The van der Waals surface area contributed by atoms with E-state index in [0.717, 1.165) is 11.1 Å². The maximum Gasteiger partial charge on any atom is 0.139 e. The number of benzene rings is 2. The Morgan fingerprint density at radius 2 is 1.69 bits per heavy atom. The number of Topliss-reactive ketones (excluding diaryl/α,β-unsaturated/α-hetero) is 1. The fourth-order valence-corrected chi connectivity index (χ4v) is 3.71. The molecule has 0 aliphatic heterocycles. The van der Waals surface area contributed by atoms with Crippen LogP contribution in [0.5, 0.6) is 0 Å². The first kappa shape index (κ1) is 18.6. The van der Waals surface area contributed by atoms with Crippen LogP contribution in [0.3, 0.4) is 0 Å². The zero-order valence-electron chi connectivity index (χ0n) is 14.9. The van der Waals surface area contributed by atoms with Crippen LogP contribution in [-0.4, -0.2) is 22.1 Å². The maximum absolute atomic E-state index is 12.3. The van der Waals surface area contributed by atoms with Gasteiger partial charge in [0.2, 0.25) is 0 Å². The fourth-order valence-electron chi connectivity index (χ4n) is 3.71. The van der Waals surface area contributed by atoms with Crippen molar-refractivity contribution in [1.82, 2.24) is 0 Å². The Labute approximate surface area is 155 Å². The summed E-state index contributed by atoms with van der Waals surface area (Å²) in [7, 11) is 0. The second-order valence-corrected chi connectivity index (χ2v) is 7.04. The molecule has 0 saturated heterocycles. The molecule has 2 aromatic rings. The van der Waals surface area contributed by atoms with Gasteiger partial charge in [-0.25, -0.2) is 0 Å². The molecule has 2 N–H and O–H groups in total. The molecule has 0 aromatic heterocycles. The number of ketones is 1. The van der Waals surface area contributed by atoms with Gasteiger partial charge in [0.15, 0.2) is 0 Å². The van der Waals surface area contributed by atoms with Crippen LogP contribution in [0.25, 0.3) is 0 Å². The first-order chi connectivity index (χ1) is 12.6. The SMILES string of the molecule is O=C1C[C@@H](O)[C@H](/C=C/CCC(O)c2ccccc2)[C@H]1Cc1ccccc1. The first-order valence-electron chi connectivity index (χ1n) is 9.29. The molecule has 4 atom stereocenters. The summed E-state index contributed by atoms with van der Waals surface area (Å²) >= 11 is 0. The number of aliphatic hydroxyl groups excluding tert-OH is 2. The highest BCUT2D eigenvalue weighted by molar-refractivity contribution is 5.85. The molecule has 0 amide bonds. The average Bonchev–Trinajstić information content (AvgIpc) is 2.93. The molecule has 0 heterocycles. The summed E-state index contributed by atoms with van der Waals surface area (Å²) in [4.78, 5) is 12.3. The van der Waals surface area contributed by atoms with Crippen molar-refractivity contribution in [3.8, 4) is 0 Å². The van der Waals surface area contributed by atoms with Crippen molar-refractivity contribution in [2.45, 2.75) is 37.9 Å². The van der Waals surface area contributed by atoms with Gasteiger partial charge >= 0.3 is 0 Å². The largest absolute Gasteiger partial charge is 0.392 e. The van der Waals surface area contributed by atoms with Gasteiger partial charge in [-0.3, -0.25) is 4.79 Å².